The van der Waals surface area contributed by atoms with Crippen LogP contribution in [0.3, 0.4) is 0 Å². The normalized spacial score (nSPS) is 28.1. The number of carbonyl (C=O) groups excluding carboxylic acids is 1. The van der Waals surface area contributed by atoms with Crippen molar-refractivity contribution in [1.29, 1.82) is 0 Å². The molecule has 2 fully saturated rings. The molecule has 1 N–H and O–H groups in total. The van der Waals surface area contributed by atoms with Crippen molar-refractivity contribution in [2.75, 3.05) is 13.4 Å². The number of carbonyl (C=O) groups is 1. The highest BCUT2D eigenvalue weighted by atomic mass is 32.2. The molecule has 2 spiro atoms. The zero-order valence-corrected chi connectivity index (χ0v) is 23.6. The molecule has 2 aromatic rings. The first-order chi connectivity index (χ1) is 18.1. The summed E-state index contributed by atoms with van der Waals surface area (Å²) in [7, 11) is -1.59. The number of methoxy groups -OCH3 is 1. The maximum absolute atomic E-state index is 14.6. The van der Waals surface area contributed by atoms with Crippen molar-refractivity contribution in [1.82, 2.24) is 10.2 Å². The van der Waals surface area contributed by atoms with Gasteiger partial charge in [-0.1, -0.05) is 42.0 Å². The molecule has 4 aliphatic rings. The van der Waals surface area contributed by atoms with E-state index < -0.39 is 15.4 Å². The van der Waals surface area contributed by atoms with Gasteiger partial charge in [0.25, 0.3) is 5.91 Å². The van der Waals surface area contributed by atoms with Crippen LogP contribution in [0.2, 0.25) is 0 Å². The fourth-order valence-corrected chi connectivity index (χ4v) is 7.89. The van der Waals surface area contributed by atoms with Crippen LogP contribution in [0.1, 0.15) is 60.8 Å². The van der Waals surface area contributed by atoms with Crippen LogP contribution in [-0.2, 0) is 44.3 Å². The summed E-state index contributed by atoms with van der Waals surface area (Å²) in [5.74, 6) is -0.0241. The molecule has 2 aromatic carbocycles. The van der Waals surface area contributed by atoms with Gasteiger partial charge >= 0.3 is 0 Å². The number of benzene rings is 2. The molecule has 38 heavy (non-hydrogen) atoms. The number of ether oxygens (including phenoxy) is 1. The number of allylic oxidation sites excluding steroid dienone is 2. The Morgan fingerprint density at radius 1 is 1.11 bits per heavy atom. The van der Waals surface area contributed by atoms with Gasteiger partial charge in [-0.2, -0.15) is 0 Å². The molecule has 200 valence electrons. The highest BCUT2D eigenvalue weighted by Gasteiger charge is 2.67. The number of rotatable bonds is 7. The highest BCUT2D eigenvalue weighted by molar-refractivity contribution is 7.90. The van der Waals surface area contributed by atoms with E-state index in [2.05, 4.69) is 29.6 Å². The van der Waals surface area contributed by atoms with E-state index in [-0.39, 0.29) is 28.9 Å². The van der Waals surface area contributed by atoms with Crippen molar-refractivity contribution in [3.05, 3.63) is 76.4 Å². The van der Waals surface area contributed by atoms with Crippen LogP contribution in [-0.4, -0.2) is 43.8 Å². The van der Waals surface area contributed by atoms with Crippen LogP contribution in [0.4, 0.5) is 0 Å². The largest absolute Gasteiger partial charge is 0.381 e. The minimum Gasteiger partial charge on any atom is -0.381 e. The Hall–Kier alpha value is -2.55. The van der Waals surface area contributed by atoms with Gasteiger partial charge in [-0.3, -0.25) is 9.69 Å². The molecule has 6 nitrogen and oxygen atoms in total. The van der Waals surface area contributed by atoms with Crippen LogP contribution >= 0.6 is 12.2 Å². The molecule has 1 amide bonds. The summed E-state index contributed by atoms with van der Waals surface area (Å²) < 4.78 is 30.0. The van der Waals surface area contributed by atoms with E-state index >= 15 is 0 Å². The van der Waals surface area contributed by atoms with E-state index in [0.29, 0.717) is 5.11 Å². The Balaban J connectivity index is 1.39. The van der Waals surface area contributed by atoms with E-state index in [1.54, 1.807) is 30.2 Å². The fourth-order valence-electron chi connectivity index (χ4n) is 6.90. The van der Waals surface area contributed by atoms with Gasteiger partial charge in [-0.25, -0.2) is 8.42 Å². The Kier molecular flexibility index (Phi) is 6.28. The lowest BCUT2D eigenvalue weighted by Gasteiger charge is -2.46. The minimum atomic E-state index is -3.36. The van der Waals surface area contributed by atoms with E-state index in [1.165, 1.54) is 23.0 Å². The first kappa shape index (κ1) is 25.7. The summed E-state index contributed by atoms with van der Waals surface area (Å²) in [5.41, 5.74) is 4.58. The second kappa shape index (κ2) is 9.28. The van der Waals surface area contributed by atoms with Crippen LogP contribution in [0.25, 0.3) is 0 Å². The SMILES string of the molecule is COC1CCC2(CC1)Cc1ccc(CCC3=CC3)cc1C21NC(=S)N(Cc2cccc(S(C)(=O)=O)c2)C1=O. The smallest absolute Gasteiger partial charge is 0.260 e. The number of thiocarbonyl (C=S) groups is 1. The first-order valence-electron chi connectivity index (χ1n) is 13.4. The van der Waals surface area contributed by atoms with Gasteiger partial charge in [0, 0.05) is 18.8 Å². The second-order valence-corrected chi connectivity index (χ2v) is 13.8. The van der Waals surface area contributed by atoms with Crippen LogP contribution in [0.5, 0.6) is 0 Å². The molecule has 0 bridgehead atoms. The molecule has 1 aliphatic heterocycles. The summed E-state index contributed by atoms with van der Waals surface area (Å²) in [6.07, 6.45) is 11.2. The Morgan fingerprint density at radius 2 is 1.87 bits per heavy atom. The van der Waals surface area contributed by atoms with Crippen LogP contribution in [0, 0.1) is 5.41 Å². The number of hydrogen-bond acceptors (Lipinski definition) is 5. The molecule has 1 saturated carbocycles. The van der Waals surface area contributed by atoms with Crippen LogP contribution < -0.4 is 5.32 Å². The number of nitrogens with one attached hydrogen (secondary N) is 1. The predicted octanol–water partition coefficient (Wildman–Crippen LogP) is 4.60. The van der Waals surface area contributed by atoms with E-state index in [4.69, 9.17) is 17.0 Å². The number of fused-ring (bicyclic) bond motifs is 3. The summed E-state index contributed by atoms with van der Waals surface area (Å²) in [6.45, 7) is 0.232. The zero-order chi connectivity index (χ0) is 26.7. The summed E-state index contributed by atoms with van der Waals surface area (Å²) in [4.78, 5) is 16.5. The predicted molar refractivity (Wildman–Crippen MR) is 150 cm³/mol. The molecule has 8 heteroatoms. The van der Waals surface area contributed by atoms with Crippen molar-refractivity contribution in [2.24, 2.45) is 5.41 Å². The van der Waals surface area contributed by atoms with Crippen LogP contribution in [0.15, 0.2) is 59.0 Å². The van der Waals surface area contributed by atoms with Gasteiger partial charge in [0.15, 0.2) is 20.5 Å². The summed E-state index contributed by atoms with van der Waals surface area (Å²) in [6, 6.07) is 13.5. The number of nitrogens with zero attached hydrogens (tertiary/aromatic N) is 1. The average molecular weight is 551 g/mol. The lowest BCUT2D eigenvalue weighted by molar-refractivity contribution is -0.138. The van der Waals surface area contributed by atoms with Crippen molar-refractivity contribution < 1.29 is 17.9 Å². The minimum absolute atomic E-state index is 0.0241. The standard InChI is InChI=1S/C30H34N2O4S2/c1-36-24-12-14-29(15-13-24)18-23-11-10-21(9-8-20-6-7-20)17-26(23)30(29)27(33)32(28(37)31-30)19-22-4-3-5-25(16-22)38(2,34)35/h3-6,10-11,16-17,24H,7-9,12-15,18-19H2,1-2H3,(H,31,37). The number of hydrogen-bond donors (Lipinski definition) is 1. The molecule has 1 heterocycles. The Morgan fingerprint density at radius 3 is 2.55 bits per heavy atom. The molecule has 0 aromatic heterocycles. The third kappa shape index (κ3) is 4.21. The average Bonchev–Trinajstić information content (AvgIpc) is 3.65. The Labute approximate surface area is 230 Å². The van der Waals surface area contributed by atoms with Gasteiger partial charge in [0.2, 0.25) is 0 Å². The fraction of sp³-hybridized carbons (Fsp3) is 0.467. The lowest BCUT2D eigenvalue weighted by Crippen LogP contribution is -2.56. The number of sulfone groups is 1. The number of amides is 1. The molecule has 0 radical (unpaired) electrons. The van der Waals surface area contributed by atoms with Crippen molar-refractivity contribution in [3.63, 3.8) is 0 Å². The van der Waals surface area contributed by atoms with Crippen molar-refractivity contribution in [3.8, 4) is 0 Å². The van der Waals surface area contributed by atoms with Gasteiger partial charge in [0.1, 0.15) is 0 Å². The van der Waals surface area contributed by atoms with E-state index in [1.807, 2.05) is 6.07 Å². The second-order valence-electron chi connectivity index (χ2n) is 11.4. The highest BCUT2D eigenvalue weighted by Crippen LogP contribution is 2.60. The quantitative estimate of drug-likeness (QED) is 0.401. The first-order valence-corrected chi connectivity index (χ1v) is 15.7. The van der Waals surface area contributed by atoms with Gasteiger partial charge in [-0.15, -0.1) is 0 Å². The van der Waals surface area contributed by atoms with Crippen molar-refractivity contribution in [2.45, 2.75) is 74.4 Å². The summed E-state index contributed by atoms with van der Waals surface area (Å²) in [5, 5.41) is 4.00. The molecule has 1 saturated heterocycles. The third-order valence-electron chi connectivity index (χ3n) is 9.13. The van der Waals surface area contributed by atoms with E-state index in [9.17, 15) is 13.2 Å². The molecule has 1 atom stereocenters. The molecular formula is C30H34N2O4S2. The molecule has 1 unspecified atom stereocenters. The molecule has 6 rings (SSSR count). The third-order valence-corrected chi connectivity index (χ3v) is 10.6. The van der Waals surface area contributed by atoms with E-state index in [0.717, 1.165) is 62.5 Å². The number of aryl methyl sites for hydroxylation is 1. The maximum Gasteiger partial charge on any atom is 0.260 e. The monoisotopic (exact) mass is 550 g/mol. The summed E-state index contributed by atoms with van der Waals surface area (Å²) >= 11 is 5.83. The molecule has 3 aliphatic carbocycles. The molecular weight excluding hydrogens is 516 g/mol. The lowest BCUT2D eigenvalue weighted by atomic mass is 9.61. The van der Waals surface area contributed by atoms with Crippen molar-refractivity contribution >= 4 is 33.1 Å². The van der Waals surface area contributed by atoms with Gasteiger partial charge < -0.3 is 10.1 Å². The maximum atomic E-state index is 14.6. The van der Waals surface area contributed by atoms with Gasteiger partial charge in [-0.05, 0) is 98.0 Å². The zero-order valence-electron chi connectivity index (χ0n) is 22.0. The topological polar surface area (TPSA) is 75.7 Å². The van der Waals surface area contributed by atoms with Gasteiger partial charge in [0.05, 0.1) is 17.5 Å². The Bertz CT molecular complexity index is 1460.